The fourth-order valence-corrected chi connectivity index (χ4v) is 5.15. The quantitative estimate of drug-likeness (QED) is 0.487. The number of rotatable bonds is 9. The Hall–Kier alpha value is -4.49. The Morgan fingerprint density at radius 2 is 1.40 bits per heavy atom. The molecule has 0 saturated heterocycles. The van der Waals surface area contributed by atoms with E-state index < -0.39 is 5.92 Å². The van der Waals surface area contributed by atoms with Crippen molar-refractivity contribution in [2.45, 2.75) is 12.8 Å². The summed E-state index contributed by atoms with van der Waals surface area (Å²) in [6.07, 6.45) is 1.99. The molecule has 0 radical (unpaired) electrons. The lowest BCUT2D eigenvalue weighted by molar-refractivity contribution is 0.238. The van der Waals surface area contributed by atoms with Gasteiger partial charge in [0, 0.05) is 41.9 Å². The van der Waals surface area contributed by atoms with E-state index in [1.54, 1.807) is 54.8 Å². The van der Waals surface area contributed by atoms with Crippen LogP contribution in [0.25, 0.3) is 6.08 Å². The first-order valence-electron chi connectivity index (χ1n) is 12.7. The molecular formula is C30H35N3O7. The second-order valence-corrected chi connectivity index (χ2v) is 9.15. The summed E-state index contributed by atoms with van der Waals surface area (Å²) in [7, 11) is 9.46. The molecule has 0 aliphatic carbocycles. The number of likely N-dealkylation sites (N-methyl/N-ethyl adjacent to an activating group) is 1. The van der Waals surface area contributed by atoms with Gasteiger partial charge in [-0.25, -0.2) is 0 Å². The van der Waals surface area contributed by atoms with Crippen LogP contribution in [0.3, 0.4) is 0 Å². The summed E-state index contributed by atoms with van der Waals surface area (Å²) >= 11 is 0. The molecule has 0 saturated carbocycles. The standard InChI is InChI=1S/C30H35N3O7/c1-8-33-15-18(9-17-10-24(36-4)26(38-6)12-22(17)34-2)29-21(16-33)28(20(14-31)30(32)40-29)19-11-25(37-5)27(39-7)13-23(19)35-3/h9-13,28H,8,15-16,32H2,1-7H3/b18-9+. The van der Waals surface area contributed by atoms with Crippen LogP contribution in [0.2, 0.25) is 0 Å². The van der Waals surface area contributed by atoms with E-state index in [2.05, 4.69) is 17.9 Å². The summed E-state index contributed by atoms with van der Waals surface area (Å²) in [5.74, 6) is 3.41. The lowest BCUT2D eigenvalue weighted by Crippen LogP contribution is -2.38. The van der Waals surface area contributed by atoms with E-state index in [9.17, 15) is 5.26 Å². The van der Waals surface area contributed by atoms with Crippen molar-refractivity contribution in [3.8, 4) is 40.6 Å². The summed E-state index contributed by atoms with van der Waals surface area (Å²) in [6.45, 7) is 4.02. The van der Waals surface area contributed by atoms with Crippen LogP contribution in [0.15, 0.2) is 52.6 Å². The second kappa shape index (κ2) is 12.1. The Morgan fingerprint density at radius 3 is 1.95 bits per heavy atom. The van der Waals surface area contributed by atoms with Crippen LogP contribution >= 0.6 is 0 Å². The number of methoxy groups -OCH3 is 6. The van der Waals surface area contributed by atoms with Gasteiger partial charge >= 0.3 is 0 Å². The minimum absolute atomic E-state index is 0.0400. The number of benzene rings is 2. The third-order valence-electron chi connectivity index (χ3n) is 7.17. The molecule has 0 spiro atoms. The van der Waals surface area contributed by atoms with Gasteiger partial charge in [0.05, 0.1) is 48.6 Å². The second-order valence-electron chi connectivity index (χ2n) is 9.15. The molecule has 1 atom stereocenters. The van der Waals surface area contributed by atoms with Crippen molar-refractivity contribution >= 4 is 6.08 Å². The van der Waals surface area contributed by atoms with Gasteiger partial charge < -0.3 is 38.9 Å². The van der Waals surface area contributed by atoms with Gasteiger partial charge in [-0.05, 0) is 30.3 Å². The van der Waals surface area contributed by atoms with Crippen molar-refractivity contribution in [3.63, 3.8) is 0 Å². The lowest BCUT2D eigenvalue weighted by Gasteiger charge is -2.38. The Kier molecular flexibility index (Phi) is 8.65. The van der Waals surface area contributed by atoms with Crippen LogP contribution in [0.1, 0.15) is 24.0 Å². The van der Waals surface area contributed by atoms with Crippen LogP contribution in [-0.4, -0.2) is 67.2 Å². The summed E-state index contributed by atoms with van der Waals surface area (Å²) in [6, 6.07) is 9.49. The molecule has 2 aliphatic rings. The van der Waals surface area contributed by atoms with Gasteiger partial charge in [0.25, 0.3) is 0 Å². The normalized spacial score (nSPS) is 18.1. The summed E-state index contributed by atoms with van der Waals surface area (Å²) in [4.78, 5) is 2.26. The van der Waals surface area contributed by atoms with E-state index in [-0.39, 0.29) is 5.88 Å². The zero-order valence-electron chi connectivity index (χ0n) is 23.9. The Labute approximate surface area is 234 Å². The van der Waals surface area contributed by atoms with Crippen molar-refractivity contribution in [2.75, 3.05) is 62.3 Å². The molecule has 40 heavy (non-hydrogen) atoms. The molecule has 2 aliphatic heterocycles. The molecule has 10 heteroatoms. The summed E-state index contributed by atoms with van der Waals surface area (Å²) in [5.41, 5.74) is 9.96. The largest absolute Gasteiger partial charge is 0.496 e. The number of nitriles is 1. The van der Waals surface area contributed by atoms with E-state index in [4.69, 9.17) is 38.9 Å². The molecule has 212 valence electrons. The maximum atomic E-state index is 10.2. The molecule has 2 aromatic rings. The van der Waals surface area contributed by atoms with Crippen LogP contribution in [0.4, 0.5) is 0 Å². The Morgan fingerprint density at radius 1 is 0.850 bits per heavy atom. The number of allylic oxidation sites excluding steroid dienone is 1. The van der Waals surface area contributed by atoms with E-state index in [1.807, 2.05) is 18.2 Å². The van der Waals surface area contributed by atoms with Gasteiger partial charge in [-0.15, -0.1) is 0 Å². The first-order chi connectivity index (χ1) is 19.4. The van der Waals surface area contributed by atoms with Crippen LogP contribution in [0, 0.1) is 11.3 Å². The highest BCUT2D eigenvalue weighted by Crippen LogP contribution is 2.49. The molecule has 0 fully saturated rings. The Bertz CT molecular complexity index is 1420. The number of hydrogen-bond donors (Lipinski definition) is 1. The predicted octanol–water partition coefficient (Wildman–Crippen LogP) is 4.22. The topological polar surface area (TPSA) is 118 Å². The van der Waals surface area contributed by atoms with E-state index in [0.717, 1.165) is 28.8 Å². The van der Waals surface area contributed by atoms with Gasteiger partial charge in [0.2, 0.25) is 5.88 Å². The zero-order valence-corrected chi connectivity index (χ0v) is 23.9. The minimum atomic E-state index is -0.534. The van der Waals surface area contributed by atoms with Crippen molar-refractivity contribution in [2.24, 2.45) is 5.73 Å². The van der Waals surface area contributed by atoms with Crippen molar-refractivity contribution in [1.29, 1.82) is 5.26 Å². The number of hydrogen-bond acceptors (Lipinski definition) is 10. The van der Waals surface area contributed by atoms with Gasteiger partial charge in [-0.2, -0.15) is 5.26 Å². The Balaban J connectivity index is 1.97. The molecule has 2 aromatic carbocycles. The maximum absolute atomic E-state index is 10.2. The summed E-state index contributed by atoms with van der Waals surface area (Å²) in [5, 5.41) is 10.2. The monoisotopic (exact) mass is 549 g/mol. The molecule has 0 bridgehead atoms. The molecule has 0 amide bonds. The first kappa shape index (κ1) is 28.5. The van der Waals surface area contributed by atoms with Gasteiger partial charge in [0.1, 0.15) is 28.9 Å². The molecule has 0 aromatic heterocycles. The molecular weight excluding hydrogens is 514 g/mol. The highest BCUT2D eigenvalue weighted by Gasteiger charge is 2.39. The van der Waals surface area contributed by atoms with Crippen molar-refractivity contribution < 1.29 is 33.2 Å². The van der Waals surface area contributed by atoms with Gasteiger partial charge in [-0.1, -0.05) is 6.92 Å². The minimum Gasteiger partial charge on any atom is -0.496 e. The summed E-state index contributed by atoms with van der Waals surface area (Å²) < 4.78 is 39.7. The van der Waals surface area contributed by atoms with Crippen molar-refractivity contribution in [3.05, 3.63) is 63.8 Å². The fraction of sp³-hybridized carbons (Fsp3) is 0.367. The molecule has 2 heterocycles. The smallest absolute Gasteiger partial charge is 0.205 e. The van der Waals surface area contributed by atoms with E-state index in [0.29, 0.717) is 58.9 Å². The van der Waals surface area contributed by atoms with Crippen LogP contribution in [0.5, 0.6) is 34.5 Å². The molecule has 4 rings (SSSR count). The molecule has 1 unspecified atom stereocenters. The van der Waals surface area contributed by atoms with Crippen LogP contribution in [-0.2, 0) is 4.74 Å². The average molecular weight is 550 g/mol. The maximum Gasteiger partial charge on any atom is 0.205 e. The van der Waals surface area contributed by atoms with Crippen LogP contribution < -0.4 is 34.2 Å². The number of nitrogens with zero attached hydrogens (tertiary/aromatic N) is 2. The lowest BCUT2D eigenvalue weighted by atomic mass is 9.79. The van der Waals surface area contributed by atoms with E-state index >= 15 is 0 Å². The molecule has 2 N–H and O–H groups in total. The third-order valence-corrected chi connectivity index (χ3v) is 7.17. The fourth-order valence-electron chi connectivity index (χ4n) is 5.15. The first-order valence-corrected chi connectivity index (χ1v) is 12.7. The zero-order chi connectivity index (χ0) is 29.0. The SMILES string of the molecule is CCN1CC2=C(OC(N)=C(C#N)C2c2cc(OC)c(OC)cc2OC)/C(=C/c2cc(OC)c(OC)cc2OC)C1. The average Bonchev–Trinajstić information content (AvgIpc) is 2.99. The highest BCUT2D eigenvalue weighted by atomic mass is 16.5. The number of ether oxygens (including phenoxy) is 7. The van der Waals surface area contributed by atoms with Gasteiger partial charge in [-0.3, -0.25) is 4.90 Å². The molecule has 10 nitrogen and oxygen atoms in total. The third kappa shape index (κ3) is 5.08. The predicted molar refractivity (Wildman–Crippen MR) is 150 cm³/mol. The number of nitrogens with two attached hydrogens (primary N) is 1. The highest BCUT2D eigenvalue weighted by molar-refractivity contribution is 5.70. The van der Waals surface area contributed by atoms with E-state index in [1.165, 1.54) is 0 Å². The van der Waals surface area contributed by atoms with Gasteiger partial charge in [0.15, 0.2) is 23.0 Å². The van der Waals surface area contributed by atoms with Crippen molar-refractivity contribution in [1.82, 2.24) is 4.90 Å².